The summed E-state index contributed by atoms with van der Waals surface area (Å²) >= 11 is 1.87. The highest BCUT2D eigenvalue weighted by Gasteiger charge is 2.36. The van der Waals surface area contributed by atoms with Crippen LogP contribution in [0.2, 0.25) is 0 Å². The van der Waals surface area contributed by atoms with E-state index in [4.69, 9.17) is 0 Å². The minimum absolute atomic E-state index is 0.0328. The molecule has 18 heavy (non-hydrogen) atoms. The predicted molar refractivity (Wildman–Crippen MR) is 71.6 cm³/mol. The number of nitrogens with one attached hydrogen (secondary N) is 1. The zero-order valence-corrected chi connectivity index (χ0v) is 11.4. The molecule has 2 N–H and O–H groups in total. The third kappa shape index (κ3) is 3.40. The summed E-state index contributed by atoms with van der Waals surface area (Å²) < 4.78 is 0. The Morgan fingerprint density at radius 1 is 1.06 bits per heavy atom. The number of carbonyl (C=O) groups is 2. The van der Waals surface area contributed by atoms with Gasteiger partial charge in [0.05, 0.1) is 11.8 Å². The lowest BCUT2D eigenvalue weighted by atomic mass is 9.78. The van der Waals surface area contributed by atoms with E-state index in [1.165, 1.54) is 5.75 Å². The number of aliphatic carboxylic acids is 1. The summed E-state index contributed by atoms with van der Waals surface area (Å²) in [5.74, 6) is 0.504. The first-order chi connectivity index (χ1) is 8.68. The van der Waals surface area contributed by atoms with Gasteiger partial charge in [0.15, 0.2) is 0 Å². The molecule has 1 heterocycles. The van der Waals surface area contributed by atoms with Gasteiger partial charge >= 0.3 is 5.97 Å². The van der Waals surface area contributed by atoms with E-state index in [1.807, 2.05) is 11.8 Å². The number of carbonyl (C=O) groups excluding carboxylic acids is 1. The highest BCUT2D eigenvalue weighted by molar-refractivity contribution is 7.99. The Morgan fingerprint density at radius 2 is 1.78 bits per heavy atom. The second-order valence-electron chi connectivity index (χ2n) is 5.26. The Balaban J connectivity index is 1.91. The SMILES string of the molecule is O=C(O)C1CCCCC1C(=O)NC1CCCSC1. The molecule has 0 spiro atoms. The molecule has 3 unspecified atom stereocenters. The van der Waals surface area contributed by atoms with Gasteiger partial charge in [-0.3, -0.25) is 9.59 Å². The molecule has 2 rings (SSSR count). The fraction of sp³-hybridized carbons (Fsp3) is 0.846. The van der Waals surface area contributed by atoms with Crippen molar-refractivity contribution in [2.45, 2.75) is 44.6 Å². The van der Waals surface area contributed by atoms with Crippen molar-refractivity contribution in [3.05, 3.63) is 0 Å². The summed E-state index contributed by atoms with van der Waals surface area (Å²) in [5, 5.41) is 12.2. The van der Waals surface area contributed by atoms with E-state index in [9.17, 15) is 14.7 Å². The average molecular weight is 271 g/mol. The summed E-state index contributed by atoms with van der Waals surface area (Å²) in [4.78, 5) is 23.4. The predicted octanol–water partition coefficient (Wildman–Crippen LogP) is 1.89. The van der Waals surface area contributed by atoms with Crippen molar-refractivity contribution in [1.82, 2.24) is 5.32 Å². The molecule has 102 valence electrons. The topological polar surface area (TPSA) is 66.4 Å². The Bertz CT molecular complexity index is 315. The van der Waals surface area contributed by atoms with Crippen molar-refractivity contribution >= 4 is 23.6 Å². The Hall–Kier alpha value is -0.710. The zero-order valence-electron chi connectivity index (χ0n) is 10.6. The van der Waals surface area contributed by atoms with Crippen LogP contribution in [-0.4, -0.2) is 34.5 Å². The molecule has 0 aromatic rings. The van der Waals surface area contributed by atoms with Crippen molar-refractivity contribution in [3.8, 4) is 0 Å². The summed E-state index contributed by atoms with van der Waals surface area (Å²) in [6.45, 7) is 0. The maximum Gasteiger partial charge on any atom is 0.307 e. The normalized spacial score (nSPS) is 32.8. The fourth-order valence-electron chi connectivity index (χ4n) is 2.90. The van der Waals surface area contributed by atoms with Gasteiger partial charge in [-0.15, -0.1) is 0 Å². The minimum Gasteiger partial charge on any atom is -0.481 e. The van der Waals surface area contributed by atoms with Crippen LogP contribution >= 0.6 is 11.8 Å². The average Bonchev–Trinajstić information content (AvgIpc) is 2.40. The van der Waals surface area contributed by atoms with Gasteiger partial charge in [0.2, 0.25) is 5.91 Å². The van der Waals surface area contributed by atoms with Crippen LogP contribution in [-0.2, 0) is 9.59 Å². The van der Waals surface area contributed by atoms with Crippen LogP contribution in [0.4, 0.5) is 0 Å². The zero-order chi connectivity index (χ0) is 13.0. The number of hydrogen-bond acceptors (Lipinski definition) is 3. The molecule has 1 saturated heterocycles. The number of rotatable bonds is 3. The quantitative estimate of drug-likeness (QED) is 0.822. The summed E-state index contributed by atoms with van der Waals surface area (Å²) in [7, 11) is 0. The molecule has 1 amide bonds. The summed E-state index contributed by atoms with van der Waals surface area (Å²) in [6, 6.07) is 0.243. The third-order valence-corrected chi connectivity index (χ3v) is 5.14. The van der Waals surface area contributed by atoms with E-state index < -0.39 is 11.9 Å². The van der Waals surface area contributed by atoms with Gasteiger partial charge in [-0.25, -0.2) is 0 Å². The Morgan fingerprint density at radius 3 is 2.39 bits per heavy atom. The standard InChI is InChI=1S/C13H21NO3S/c15-12(14-9-4-3-7-18-8-9)10-5-1-2-6-11(10)13(16)17/h9-11H,1-8H2,(H,14,15)(H,16,17). The van der Waals surface area contributed by atoms with Crippen molar-refractivity contribution < 1.29 is 14.7 Å². The number of carboxylic acids is 1. The molecule has 1 aliphatic heterocycles. The molecule has 3 atom stereocenters. The highest BCUT2D eigenvalue weighted by Crippen LogP contribution is 2.31. The minimum atomic E-state index is -0.812. The molecule has 0 radical (unpaired) electrons. The molecule has 1 aliphatic carbocycles. The van der Waals surface area contributed by atoms with Crippen molar-refractivity contribution in [2.75, 3.05) is 11.5 Å². The number of hydrogen-bond donors (Lipinski definition) is 2. The first-order valence-electron chi connectivity index (χ1n) is 6.79. The highest BCUT2D eigenvalue weighted by atomic mass is 32.2. The van der Waals surface area contributed by atoms with Crippen LogP contribution in [0.25, 0.3) is 0 Å². The molecule has 2 fully saturated rings. The van der Waals surface area contributed by atoms with Crippen molar-refractivity contribution in [3.63, 3.8) is 0 Å². The third-order valence-electron chi connectivity index (χ3n) is 3.93. The molecule has 1 saturated carbocycles. The van der Waals surface area contributed by atoms with E-state index in [2.05, 4.69) is 5.32 Å². The van der Waals surface area contributed by atoms with E-state index >= 15 is 0 Å². The number of thioether (sulfide) groups is 1. The lowest BCUT2D eigenvalue weighted by molar-refractivity contribution is -0.149. The van der Waals surface area contributed by atoms with E-state index in [0.29, 0.717) is 6.42 Å². The maximum atomic E-state index is 12.2. The van der Waals surface area contributed by atoms with Gasteiger partial charge in [-0.05, 0) is 31.4 Å². The van der Waals surface area contributed by atoms with Gasteiger partial charge < -0.3 is 10.4 Å². The Kier molecular flexibility index (Phi) is 4.92. The van der Waals surface area contributed by atoms with E-state index in [-0.39, 0.29) is 17.9 Å². The van der Waals surface area contributed by atoms with Crippen LogP contribution < -0.4 is 5.32 Å². The second-order valence-corrected chi connectivity index (χ2v) is 6.41. The second kappa shape index (κ2) is 6.45. The summed E-state index contributed by atoms with van der Waals surface area (Å²) in [5.41, 5.74) is 0. The molecular formula is C13H21NO3S. The van der Waals surface area contributed by atoms with Crippen LogP contribution in [0.3, 0.4) is 0 Å². The molecule has 0 aromatic heterocycles. The van der Waals surface area contributed by atoms with E-state index in [1.54, 1.807) is 0 Å². The van der Waals surface area contributed by atoms with Crippen LogP contribution in [0, 0.1) is 11.8 Å². The molecule has 4 nitrogen and oxygen atoms in total. The Labute approximate surface area is 112 Å². The molecule has 0 bridgehead atoms. The number of carboxylic acid groups (broad SMARTS) is 1. The van der Waals surface area contributed by atoms with Crippen molar-refractivity contribution in [2.24, 2.45) is 11.8 Å². The van der Waals surface area contributed by atoms with Gasteiger partial charge in [0.25, 0.3) is 0 Å². The monoisotopic (exact) mass is 271 g/mol. The number of amides is 1. The smallest absolute Gasteiger partial charge is 0.307 e. The van der Waals surface area contributed by atoms with Crippen LogP contribution in [0.5, 0.6) is 0 Å². The van der Waals surface area contributed by atoms with Gasteiger partial charge in [0.1, 0.15) is 0 Å². The lowest BCUT2D eigenvalue weighted by Gasteiger charge is -2.30. The van der Waals surface area contributed by atoms with Gasteiger partial charge in [-0.2, -0.15) is 11.8 Å². The lowest BCUT2D eigenvalue weighted by Crippen LogP contribution is -2.45. The van der Waals surface area contributed by atoms with E-state index in [0.717, 1.165) is 37.9 Å². The molecule has 0 aromatic carbocycles. The molecule has 2 aliphatic rings. The van der Waals surface area contributed by atoms with Crippen molar-refractivity contribution in [1.29, 1.82) is 0 Å². The molecule has 5 heteroatoms. The molecular weight excluding hydrogens is 250 g/mol. The first kappa shape index (κ1) is 13.7. The van der Waals surface area contributed by atoms with Gasteiger partial charge in [0, 0.05) is 11.8 Å². The van der Waals surface area contributed by atoms with Crippen LogP contribution in [0.15, 0.2) is 0 Å². The van der Waals surface area contributed by atoms with Crippen LogP contribution in [0.1, 0.15) is 38.5 Å². The largest absolute Gasteiger partial charge is 0.481 e. The maximum absolute atomic E-state index is 12.2. The fourth-order valence-corrected chi connectivity index (χ4v) is 3.98. The summed E-state index contributed by atoms with van der Waals surface area (Å²) in [6.07, 6.45) is 5.45. The first-order valence-corrected chi connectivity index (χ1v) is 7.95. The van der Waals surface area contributed by atoms with Gasteiger partial charge in [-0.1, -0.05) is 12.8 Å².